The van der Waals surface area contributed by atoms with E-state index in [1.165, 1.54) is 35.9 Å². The van der Waals surface area contributed by atoms with Crippen molar-refractivity contribution < 1.29 is 28.3 Å². The number of carbonyl (C=O) groups is 3. The van der Waals surface area contributed by atoms with Crippen LogP contribution in [0.3, 0.4) is 0 Å². The predicted octanol–water partition coefficient (Wildman–Crippen LogP) is 6.35. The van der Waals surface area contributed by atoms with Crippen molar-refractivity contribution in [2.75, 3.05) is 11.9 Å². The van der Waals surface area contributed by atoms with E-state index in [1.807, 2.05) is 0 Å². The molecule has 1 aliphatic rings. The average Bonchev–Trinajstić information content (AvgIpc) is 3.59. The molecule has 46 heavy (non-hydrogen) atoms. The Kier molecular flexibility index (Phi) is 8.26. The second-order valence-electron chi connectivity index (χ2n) is 11.2. The summed E-state index contributed by atoms with van der Waals surface area (Å²) in [5, 5.41) is 14.2. The molecule has 3 heterocycles. The number of phenolic OH excluding ortho intramolecular Hbond substituents is 1. The quantitative estimate of drug-likeness (QED) is 0.200. The Morgan fingerprint density at radius 1 is 1.04 bits per heavy atom. The Labute approximate surface area is 267 Å². The lowest BCUT2D eigenvalue weighted by Gasteiger charge is -2.24. The van der Waals surface area contributed by atoms with E-state index in [9.17, 15) is 23.9 Å². The third-order valence-electron chi connectivity index (χ3n) is 8.07. The van der Waals surface area contributed by atoms with Gasteiger partial charge in [-0.3, -0.25) is 14.4 Å². The molecule has 9 nitrogen and oxygen atoms in total. The predicted molar refractivity (Wildman–Crippen MR) is 170 cm³/mol. The maximum absolute atomic E-state index is 15.5. The van der Waals surface area contributed by atoms with Crippen LogP contribution < -0.4 is 5.32 Å². The standard InChI is InChI=1S/C34H28ClF2N5O4/c1-18(43)26-16-41(29-12-31(44)24(11-25(26)29)20-13-38-19(2)39-14-20)17-32(45)42-15-21(36)10-30(42)34(46)40-28-9-5-7-23(33(28)37)22-6-3-4-8-27(22)35/h3-9,11-14,16,21,30,44H,10,15,17H2,1-2H3,(H,40,46)/t21-,30?/m1/s1. The van der Waals surface area contributed by atoms with Crippen LogP contribution in [0, 0.1) is 12.7 Å². The SMILES string of the molecule is CC(=O)c1cn(CC(=O)N2C[C@H](F)CC2C(=O)Nc2cccc(-c3ccccc3Cl)c2F)c2cc(O)c(-c3cnc(C)nc3)cc12. The van der Waals surface area contributed by atoms with Gasteiger partial charge in [-0.2, -0.15) is 0 Å². The second-order valence-corrected chi connectivity index (χ2v) is 11.6. The number of rotatable bonds is 7. The van der Waals surface area contributed by atoms with Gasteiger partial charge < -0.3 is 19.9 Å². The molecule has 1 aliphatic heterocycles. The first-order chi connectivity index (χ1) is 22.0. The lowest BCUT2D eigenvalue weighted by Crippen LogP contribution is -2.44. The summed E-state index contributed by atoms with van der Waals surface area (Å²) in [6.45, 7) is 2.44. The monoisotopic (exact) mass is 643 g/mol. The van der Waals surface area contributed by atoms with E-state index in [0.29, 0.717) is 44.0 Å². The van der Waals surface area contributed by atoms with Crippen LogP contribution in [0.25, 0.3) is 33.2 Å². The second kappa shape index (κ2) is 12.3. The zero-order valence-electron chi connectivity index (χ0n) is 24.8. The first-order valence-corrected chi connectivity index (χ1v) is 14.8. The molecule has 1 fully saturated rings. The zero-order chi connectivity index (χ0) is 32.7. The number of fused-ring (bicyclic) bond motifs is 1. The number of nitrogens with zero attached hydrogens (tertiary/aromatic N) is 4. The van der Waals surface area contributed by atoms with E-state index < -0.39 is 29.8 Å². The van der Waals surface area contributed by atoms with Gasteiger partial charge in [0, 0.05) is 69.3 Å². The number of anilines is 1. The van der Waals surface area contributed by atoms with Gasteiger partial charge in [0.05, 0.1) is 17.7 Å². The Bertz CT molecular complexity index is 2010. The number of halogens is 3. The topological polar surface area (TPSA) is 117 Å². The largest absolute Gasteiger partial charge is 0.507 e. The lowest BCUT2D eigenvalue weighted by atomic mass is 10.0. The first kappa shape index (κ1) is 30.8. The van der Waals surface area contributed by atoms with Crippen molar-refractivity contribution in [1.29, 1.82) is 0 Å². The minimum atomic E-state index is -1.48. The summed E-state index contributed by atoms with van der Waals surface area (Å²) in [7, 11) is 0. The average molecular weight is 644 g/mol. The number of amides is 2. The molecule has 0 spiro atoms. The van der Waals surface area contributed by atoms with Gasteiger partial charge in [0.1, 0.15) is 30.3 Å². The Morgan fingerprint density at radius 2 is 1.76 bits per heavy atom. The zero-order valence-corrected chi connectivity index (χ0v) is 25.6. The Balaban J connectivity index is 1.27. The summed E-state index contributed by atoms with van der Waals surface area (Å²) in [4.78, 5) is 49.0. The van der Waals surface area contributed by atoms with Gasteiger partial charge >= 0.3 is 0 Å². The molecule has 2 N–H and O–H groups in total. The lowest BCUT2D eigenvalue weighted by molar-refractivity contribution is -0.137. The Hall–Kier alpha value is -5.16. The van der Waals surface area contributed by atoms with Crippen molar-refractivity contribution in [3.8, 4) is 28.0 Å². The van der Waals surface area contributed by atoms with Gasteiger partial charge in [0.15, 0.2) is 11.6 Å². The van der Waals surface area contributed by atoms with Crippen molar-refractivity contribution in [3.05, 3.63) is 95.4 Å². The van der Waals surface area contributed by atoms with E-state index >= 15 is 4.39 Å². The normalized spacial score (nSPS) is 16.2. The van der Waals surface area contributed by atoms with E-state index in [0.717, 1.165) is 4.90 Å². The van der Waals surface area contributed by atoms with Crippen LogP contribution >= 0.6 is 11.6 Å². The highest BCUT2D eigenvalue weighted by molar-refractivity contribution is 6.33. The third kappa shape index (κ3) is 5.81. The number of hydrogen-bond donors (Lipinski definition) is 2. The summed E-state index contributed by atoms with van der Waals surface area (Å²) >= 11 is 6.25. The van der Waals surface area contributed by atoms with Gasteiger partial charge in [-0.05, 0) is 32.0 Å². The number of Topliss-reactive ketones (excluding diaryl/α,β-unsaturated/α-hetero) is 1. The summed E-state index contributed by atoms with van der Waals surface area (Å²) in [5.41, 5.74) is 2.12. The molecule has 6 rings (SSSR count). The highest BCUT2D eigenvalue weighted by Crippen LogP contribution is 2.36. The molecule has 5 aromatic rings. The molecule has 0 radical (unpaired) electrons. The van der Waals surface area contributed by atoms with Crippen LogP contribution in [-0.2, 0) is 16.1 Å². The number of aryl methyl sites for hydroxylation is 1. The van der Waals surface area contributed by atoms with Crippen LogP contribution in [0.5, 0.6) is 5.75 Å². The molecular formula is C34H28ClF2N5O4. The molecule has 2 aromatic heterocycles. The summed E-state index contributed by atoms with van der Waals surface area (Å²) in [6, 6.07) is 13.0. The molecule has 1 saturated heterocycles. The van der Waals surface area contributed by atoms with Crippen molar-refractivity contribution in [1.82, 2.24) is 19.4 Å². The molecule has 2 atom stereocenters. The highest BCUT2D eigenvalue weighted by Gasteiger charge is 2.40. The van der Waals surface area contributed by atoms with Gasteiger partial charge in [0.25, 0.3) is 0 Å². The fourth-order valence-corrected chi connectivity index (χ4v) is 6.01. The van der Waals surface area contributed by atoms with Crippen molar-refractivity contribution in [3.63, 3.8) is 0 Å². The van der Waals surface area contributed by atoms with E-state index in [-0.39, 0.29) is 42.3 Å². The number of carbonyl (C=O) groups excluding carboxylic acids is 3. The van der Waals surface area contributed by atoms with E-state index in [2.05, 4.69) is 15.3 Å². The van der Waals surface area contributed by atoms with E-state index in [4.69, 9.17) is 11.6 Å². The van der Waals surface area contributed by atoms with Gasteiger partial charge in [-0.25, -0.2) is 18.7 Å². The molecule has 0 saturated carbocycles. The molecule has 12 heteroatoms. The fourth-order valence-electron chi connectivity index (χ4n) is 5.78. The molecule has 2 amide bonds. The van der Waals surface area contributed by atoms with Crippen LogP contribution in [0.15, 0.2) is 73.2 Å². The van der Waals surface area contributed by atoms with Crippen LogP contribution in [-0.4, -0.2) is 60.9 Å². The van der Waals surface area contributed by atoms with Gasteiger partial charge in [-0.15, -0.1) is 0 Å². The highest BCUT2D eigenvalue weighted by atomic mass is 35.5. The van der Waals surface area contributed by atoms with Crippen molar-refractivity contribution >= 4 is 45.8 Å². The van der Waals surface area contributed by atoms with Crippen LogP contribution in [0.4, 0.5) is 14.5 Å². The van der Waals surface area contributed by atoms with Crippen molar-refractivity contribution in [2.24, 2.45) is 0 Å². The maximum atomic E-state index is 15.5. The van der Waals surface area contributed by atoms with Gasteiger partial charge in [-0.1, -0.05) is 41.9 Å². The summed E-state index contributed by atoms with van der Waals surface area (Å²) < 4.78 is 31.7. The number of aromatic hydroxyl groups is 1. The number of aromatic nitrogens is 3. The third-order valence-corrected chi connectivity index (χ3v) is 8.40. The summed E-state index contributed by atoms with van der Waals surface area (Å²) in [6.07, 6.45) is 2.87. The summed E-state index contributed by atoms with van der Waals surface area (Å²) in [5.74, 6) is -1.88. The maximum Gasteiger partial charge on any atom is 0.247 e. The Morgan fingerprint density at radius 3 is 2.48 bits per heavy atom. The number of benzene rings is 3. The number of likely N-dealkylation sites (tertiary alicyclic amines) is 1. The van der Waals surface area contributed by atoms with E-state index in [1.54, 1.807) is 55.7 Å². The number of alkyl halides is 1. The van der Waals surface area contributed by atoms with Crippen LogP contribution in [0.1, 0.15) is 29.5 Å². The number of ketones is 1. The number of phenols is 1. The molecular weight excluding hydrogens is 616 g/mol. The molecule has 0 aliphatic carbocycles. The molecule has 234 valence electrons. The minimum Gasteiger partial charge on any atom is -0.507 e. The van der Waals surface area contributed by atoms with Crippen LogP contribution in [0.2, 0.25) is 5.02 Å². The molecule has 3 aromatic carbocycles. The molecule has 1 unspecified atom stereocenters. The minimum absolute atomic E-state index is 0.120. The first-order valence-electron chi connectivity index (χ1n) is 14.5. The van der Waals surface area contributed by atoms with Crippen molar-refractivity contribution in [2.45, 2.75) is 39.0 Å². The number of nitrogens with one attached hydrogen (secondary N) is 1. The number of hydrogen-bond acceptors (Lipinski definition) is 6. The van der Waals surface area contributed by atoms with Gasteiger partial charge in [0.2, 0.25) is 11.8 Å². The molecule has 0 bridgehead atoms. The smallest absolute Gasteiger partial charge is 0.247 e. The fraction of sp³-hybridized carbons (Fsp3) is 0.206.